The van der Waals surface area contributed by atoms with Crippen LogP contribution >= 0.6 is 11.9 Å². The van der Waals surface area contributed by atoms with Crippen LogP contribution in [0, 0.1) is 0 Å². The van der Waals surface area contributed by atoms with Crippen LogP contribution in [0.15, 0.2) is 107 Å². The molecule has 1 aliphatic heterocycles. The van der Waals surface area contributed by atoms with Gasteiger partial charge in [-0.3, -0.25) is 9.36 Å². The summed E-state index contributed by atoms with van der Waals surface area (Å²) in [5, 5.41) is 12.5. The summed E-state index contributed by atoms with van der Waals surface area (Å²) in [6.07, 6.45) is -3.75. The number of rotatable bonds is 9. The molecule has 0 saturated heterocycles. The number of aliphatic carboxylic acids is 1. The van der Waals surface area contributed by atoms with E-state index in [0.717, 1.165) is 34.0 Å². The zero-order chi connectivity index (χ0) is 32.4. The summed E-state index contributed by atoms with van der Waals surface area (Å²) in [4.78, 5) is 27.1. The first-order chi connectivity index (χ1) is 22.2. The van der Waals surface area contributed by atoms with E-state index in [1.165, 1.54) is 22.6 Å². The number of carbonyl (C=O) groups is 1. The molecule has 46 heavy (non-hydrogen) atoms. The maximum Gasteiger partial charge on any atom is 0.416 e. The van der Waals surface area contributed by atoms with Crippen LogP contribution in [-0.2, 0) is 24.0 Å². The average Bonchev–Trinajstić information content (AvgIpc) is 3.05. The first kappa shape index (κ1) is 31.4. The van der Waals surface area contributed by atoms with Crippen molar-refractivity contribution in [2.45, 2.75) is 43.6 Å². The molecule has 236 valence electrons. The monoisotopic (exact) mass is 644 g/mol. The fourth-order valence-electron chi connectivity index (χ4n) is 5.91. The van der Waals surface area contributed by atoms with Gasteiger partial charge < -0.3 is 9.84 Å². The van der Waals surface area contributed by atoms with Crippen LogP contribution < -0.4 is 10.3 Å². The van der Waals surface area contributed by atoms with Crippen molar-refractivity contribution in [2.75, 3.05) is 13.1 Å². The molecule has 1 aliphatic rings. The van der Waals surface area contributed by atoms with Crippen molar-refractivity contribution in [1.29, 1.82) is 0 Å². The summed E-state index contributed by atoms with van der Waals surface area (Å²) in [6.45, 7) is 2.53. The lowest BCUT2D eigenvalue weighted by Crippen LogP contribution is -2.42. The molecule has 0 saturated carbocycles. The molecule has 6 rings (SSSR count). The lowest BCUT2D eigenvalue weighted by atomic mass is 9.92. The number of aromatic nitrogens is 1. The zero-order valence-electron chi connectivity index (χ0n) is 25.0. The normalized spacial score (nSPS) is 15.1. The number of nitrogens with zero attached hydrogens (tertiary/aromatic N) is 2. The van der Waals surface area contributed by atoms with Gasteiger partial charge in [0.05, 0.1) is 5.56 Å². The number of benzene rings is 4. The van der Waals surface area contributed by atoms with Crippen LogP contribution in [0.2, 0.25) is 0 Å². The van der Waals surface area contributed by atoms with Gasteiger partial charge in [0.25, 0.3) is 5.56 Å². The number of ether oxygens (including phenoxy) is 1. The molecule has 10 heteroatoms. The number of halogens is 3. The summed E-state index contributed by atoms with van der Waals surface area (Å²) >= 11 is 1.20. The molecule has 0 fully saturated rings. The van der Waals surface area contributed by atoms with E-state index in [0.29, 0.717) is 24.1 Å². The van der Waals surface area contributed by atoms with Gasteiger partial charge in [0.2, 0.25) is 0 Å². The molecule has 0 spiro atoms. The number of pyridine rings is 1. The van der Waals surface area contributed by atoms with Crippen LogP contribution in [-0.4, -0.2) is 33.0 Å². The maximum absolute atomic E-state index is 14.5. The van der Waals surface area contributed by atoms with Crippen molar-refractivity contribution < 1.29 is 27.8 Å². The Balaban J connectivity index is 1.68. The third kappa shape index (κ3) is 6.27. The van der Waals surface area contributed by atoms with Gasteiger partial charge in [0, 0.05) is 30.6 Å². The largest absolute Gasteiger partial charge is 0.483 e. The minimum Gasteiger partial charge on any atom is -0.483 e. The van der Waals surface area contributed by atoms with Crippen LogP contribution in [0.5, 0.6) is 5.75 Å². The number of hydrogen-bond acceptors (Lipinski definition) is 5. The molecule has 1 atom stereocenters. The predicted molar refractivity (Wildman–Crippen MR) is 173 cm³/mol. The molecule has 1 N–H and O–H groups in total. The predicted octanol–water partition coefficient (Wildman–Crippen LogP) is 8.22. The van der Waals surface area contributed by atoms with E-state index in [-0.39, 0.29) is 35.9 Å². The van der Waals surface area contributed by atoms with E-state index in [9.17, 15) is 27.9 Å². The van der Waals surface area contributed by atoms with E-state index in [2.05, 4.69) is 0 Å². The molecule has 0 amide bonds. The first-order valence-corrected chi connectivity index (χ1v) is 15.7. The Morgan fingerprint density at radius 1 is 0.978 bits per heavy atom. The Kier molecular flexibility index (Phi) is 8.93. The second-order valence-corrected chi connectivity index (χ2v) is 12.2. The molecular formula is C36H31F3N2O4S. The highest BCUT2D eigenvalue weighted by Crippen LogP contribution is 2.45. The van der Waals surface area contributed by atoms with Gasteiger partial charge in [0.1, 0.15) is 17.7 Å². The Bertz CT molecular complexity index is 1950. The Hall–Kier alpha value is -4.54. The number of carboxylic acids is 1. The van der Waals surface area contributed by atoms with Gasteiger partial charge in [-0.25, -0.2) is 9.10 Å². The molecule has 0 bridgehead atoms. The van der Waals surface area contributed by atoms with Gasteiger partial charge in [-0.05, 0) is 58.0 Å². The molecule has 5 aromatic rings. The summed E-state index contributed by atoms with van der Waals surface area (Å²) in [5.74, 6) is -1.29. The highest BCUT2D eigenvalue weighted by atomic mass is 32.2. The minimum atomic E-state index is -4.62. The second-order valence-electron chi connectivity index (χ2n) is 11.2. The van der Waals surface area contributed by atoms with Gasteiger partial charge in [-0.1, -0.05) is 91.9 Å². The van der Waals surface area contributed by atoms with Crippen LogP contribution in [0.3, 0.4) is 0 Å². The van der Waals surface area contributed by atoms with Crippen molar-refractivity contribution >= 4 is 28.7 Å². The summed E-state index contributed by atoms with van der Waals surface area (Å²) in [6, 6.07) is 26.4. The first-order valence-electron chi connectivity index (χ1n) is 14.9. The molecule has 6 nitrogen and oxygen atoms in total. The smallest absolute Gasteiger partial charge is 0.416 e. The van der Waals surface area contributed by atoms with E-state index >= 15 is 0 Å². The van der Waals surface area contributed by atoms with E-state index < -0.39 is 29.3 Å². The van der Waals surface area contributed by atoms with E-state index in [1.807, 2.05) is 84.0 Å². The van der Waals surface area contributed by atoms with Crippen LogP contribution in [0.4, 0.5) is 13.2 Å². The van der Waals surface area contributed by atoms with Gasteiger partial charge >= 0.3 is 12.1 Å². The third-order valence-corrected chi connectivity index (χ3v) is 9.20. The summed E-state index contributed by atoms with van der Waals surface area (Å²) in [7, 11) is 0. The second kappa shape index (κ2) is 13.1. The standard InChI is InChI=1S/C36H31F3N2O4S/c1-2-18-40-21-30(35(43)44)41-33(42)32(45-22-23-10-4-3-5-11-23)29(20-25-14-8-13-24-12-6-7-17-28(24)25)31(34(41)46-40)26-15-9-16-27(19-26)36(37,38)39/h3-17,19,30H,2,18,20-22H2,1H3,(H,43,44). The van der Waals surface area contributed by atoms with E-state index in [4.69, 9.17) is 4.74 Å². The molecular weight excluding hydrogens is 613 g/mol. The van der Waals surface area contributed by atoms with Crippen molar-refractivity contribution in [3.05, 3.63) is 130 Å². The number of carboxylic acid groups (broad SMARTS) is 1. The molecule has 4 aromatic carbocycles. The lowest BCUT2D eigenvalue weighted by molar-refractivity contribution is -0.141. The zero-order valence-corrected chi connectivity index (χ0v) is 25.8. The Morgan fingerprint density at radius 3 is 2.43 bits per heavy atom. The van der Waals surface area contributed by atoms with Crippen molar-refractivity contribution in [1.82, 2.24) is 8.87 Å². The molecule has 0 radical (unpaired) electrons. The van der Waals surface area contributed by atoms with E-state index in [1.54, 1.807) is 6.07 Å². The van der Waals surface area contributed by atoms with Crippen LogP contribution in [0.25, 0.3) is 21.9 Å². The summed E-state index contributed by atoms with van der Waals surface area (Å²) in [5.41, 5.74) is 1.11. The Labute approximate surface area is 268 Å². The SMILES string of the molecule is CCCN1CC(C(=O)O)n2c(c(-c3cccc(C(F)(F)F)c3)c(Cc3cccc4ccccc34)c(OCc3ccccc3)c2=O)S1. The van der Waals surface area contributed by atoms with Gasteiger partial charge in [-0.15, -0.1) is 0 Å². The topological polar surface area (TPSA) is 71.8 Å². The quantitative estimate of drug-likeness (QED) is 0.163. The fourth-order valence-corrected chi connectivity index (χ4v) is 7.27. The lowest BCUT2D eigenvalue weighted by Gasteiger charge is -2.35. The highest BCUT2D eigenvalue weighted by Gasteiger charge is 2.38. The van der Waals surface area contributed by atoms with Crippen molar-refractivity contribution in [2.24, 2.45) is 0 Å². The van der Waals surface area contributed by atoms with Crippen molar-refractivity contribution in [3.63, 3.8) is 0 Å². The average molecular weight is 645 g/mol. The molecule has 1 aromatic heterocycles. The number of fused-ring (bicyclic) bond motifs is 2. The number of hydrogen-bond donors (Lipinski definition) is 1. The van der Waals surface area contributed by atoms with Gasteiger partial charge in [-0.2, -0.15) is 13.2 Å². The third-order valence-electron chi connectivity index (χ3n) is 8.04. The molecule has 1 unspecified atom stereocenters. The van der Waals surface area contributed by atoms with Gasteiger partial charge in [0.15, 0.2) is 5.75 Å². The Morgan fingerprint density at radius 2 is 1.70 bits per heavy atom. The maximum atomic E-state index is 14.5. The molecule has 0 aliphatic carbocycles. The number of alkyl halides is 3. The summed E-state index contributed by atoms with van der Waals surface area (Å²) < 4.78 is 51.5. The molecule has 2 heterocycles. The van der Waals surface area contributed by atoms with Crippen LogP contribution in [0.1, 0.15) is 41.6 Å². The van der Waals surface area contributed by atoms with Crippen molar-refractivity contribution in [3.8, 4) is 16.9 Å². The highest BCUT2D eigenvalue weighted by molar-refractivity contribution is 7.97. The fraction of sp³-hybridized carbons (Fsp3) is 0.222. The minimum absolute atomic E-state index is 0.00678.